The molecule has 48 valence electrons. The maximum atomic E-state index is 4.04. The molecule has 0 rings (SSSR count). The van der Waals surface area contributed by atoms with E-state index in [-0.39, 0.29) is 5.41 Å². The molecule has 0 aliphatic heterocycles. The second kappa shape index (κ2) is 3.11. The van der Waals surface area contributed by atoms with E-state index in [4.69, 9.17) is 0 Å². The first-order chi connectivity index (χ1) is 3.62. The van der Waals surface area contributed by atoms with Gasteiger partial charge in [-0.1, -0.05) is 33.6 Å². The van der Waals surface area contributed by atoms with Gasteiger partial charge in [-0.05, 0) is 18.8 Å². The third-order valence-corrected chi connectivity index (χ3v) is 1.63. The smallest absolute Gasteiger partial charge is 0.0328 e. The Morgan fingerprint density at radius 2 is 2.00 bits per heavy atom. The lowest BCUT2D eigenvalue weighted by atomic mass is 9.86. The van der Waals surface area contributed by atoms with Crippen LogP contribution in [-0.4, -0.2) is 0 Å². The summed E-state index contributed by atoms with van der Waals surface area (Å²) in [4.78, 5) is 0. The minimum absolute atomic E-state index is 0.280. The molecule has 0 aromatic carbocycles. The Balaban J connectivity index is 3.37. The van der Waals surface area contributed by atoms with Gasteiger partial charge in [0.05, 0.1) is 0 Å². The summed E-state index contributed by atoms with van der Waals surface area (Å²) >= 11 is 0. The van der Waals surface area contributed by atoms with Gasteiger partial charge >= 0.3 is 0 Å². The minimum atomic E-state index is 0.280. The number of rotatable bonds is 3. The molecule has 0 aromatic heterocycles. The maximum absolute atomic E-state index is 4.04. The summed E-state index contributed by atoms with van der Waals surface area (Å²) in [7, 11) is 0. The summed E-state index contributed by atoms with van der Waals surface area (Å²) in [6, 6.07) is 0. The minimum Gasteiger partial charge on any atom is -0.0649 e. The zero-order valence-electron chi connectivity index (χ0n) is 6.04. The van der Waals surface area contributed by atoms with Gasteiger partial charge in [0.2, 0.25) is 0 Å². The lowest BCUT2D eigenvalue weighted by molar-refractivity contribution is 0.375. The van der Waals surface area contributed by atoms with Gasteiger partial charge in [-0.3, -0.25) is 0 Å². The van der Waals surface area contributed by atoms with Crippen LogP contribution in [0.2, 0.25) is 0 Å². The van der Waals surface area contributed by atoms with Gasteiger partial charge in [-0.25, -0.2) is 0 Å². The van der Waals surface area contributed by atoms with Crippen molar-refractivity contribution in [2.75, 3.05) is 0 Å². The Morgan fingerprint density at radius 1 is 1.50 bits per heavy atom. The monoisotopic (exact) mass is 112 g/mol. The summed E-state index contributed by atoms with van der Waals surface area (Å²) in [5.74, 6) is 0. The van der Waals surface area contributed by atoms with Crippen LogP contribution in [0.3, 0.4) is 0 Å². The Bertz CT molecular complexity index is 53.1. The van der Waals surface area contributed by atoms with E-state index >= 15 is 0 Å². The molecule has 0 N–H and O–H groups in total. The second-order valence-electron chi connectivity index (χ2n) is 2.77. The van der Waals surface area contributed by atoms with E-state index in [0.29, 0.717) is 0 Å². The largest absolute Gasteiger partial charge is 0.0649 e. The van der Waals surface area contributed by atoms with E-state index in [1.54, 1.807) is 0 Å². The number of hydrogen-bond donors (Lipinski definition) is 0. The topological polar surface area (TPSA) is 0 Å². The summed E-state index contributed by atoms with van der Waals surface area (Å²) in [6.45, 7) is 12.2. The lowest BCUT2D eigenvalue weighted by Gasteiger charge is -2.20. The molecule has 0 heteroatoms. The molecule has 0 fully saturated rings. The number of hydrogen-bond acceptors (Lipinski definition) is 0. The molecule has 0 aliphatic carbocycles. The van der Waals surface area contributed by atoms with Gasteiger partial charge in [0, 0.05) is 0 Å². The lowest BCUT2D eigenvalue weighted by Crippen LogP contribution is -2.08. The van der Waals surface area contributed by atoms with E-state index in [0.717, 1.165) is 19.3 Å². The first-order valence-electron chi connectivity index (χ1n) is 3.27. The zero-order chi connectivity index (χ0) is 6.62. The van der Waals surface area contributed by atoms with Crippen LogP contribution in [0.5, 0.6) is 0 Å². The average Bonchev–Trinajstić information content (AvgIpc) is 1.67. The van der Waals surface area contributed by atoms with Gasteiger partial charge < -0.3 is 0 Å². The van der Waals surface area contributed by atoms with Crippen LogP contribution < -0.4 is 0 Å². The second-order valence-corrected chi connectivity index (χ2v) is 2.77. The Hall–Kier alpha value is 0. The molecule has 0 amide bonds. The van der Waals surface area contributed by atoms with Crippen LogP contribution in [-0.2, 0) is 0 Å². The first kappa shape index (κ1) is 8.00. The molecule has 0 saturated heterocycles. The predicted molar refractivity (Wildman–Crippen MR) is 38.3 cm³/mol. The molecular weight excluding hydrogens is 96.1 g/mol. The molecule has 1 unspecified atom stereocenters. The van der Waals surface area contributed by atoms with Crippen molar-refractivity contribution in [2.24, 2.45) is 5.41 Å². The summed E-state index contributed by atoms with van der Waals surface area (Å²) in [5.41, 5.74) is 0.280. The van der Waals surface area contributed by atoms with E-state index in [9.17, 15) is 0 Å². The third kappa shape index (κ3) is 3.06. The molecule has 0 aromatic rings. The molecule has 1 atom stereocenters. The van der Waals surface area contributed by atoms with Crippen molar-refractivity contribution < 1.29 is 0 Å². The van der Waals surface area contributed by atoms with Crippen LogP contribution in [0, 0.1) is 19.3 Å². The highest BCUT2D eigenvalue weighted by atomic mass is 14.2. The maximum Gasteiger partial charge on any atom is -0.0328 e. The fourth-order valence-electron chi connectivity index (χ4n) is 0.604. The van der Waals surface area contributed by atoms with Crippen molar-refractivity contribution in [1.82, 2.24) is 0 Å². The van der Waals surface area contributed by atoms with Gasteiger partial charge in [-0.15, -0.1) is 0 Å². The molecule has 0 aliphatic rings. The van der Waals surface area contributed by atoms with Crippen molar-refractivity contribution in [3.63, 3.8) is 0 Å². The van der Waals surface area contributed by atoms with Crippen LogP contribution in [0.25, 0.3) is 0 Å². The van der Waals surface area contributed by atoms with E-state index < -0.39 is 0 Å². The Morgan fingerprint density at radius 3 is 2.12 bits per heavy atom. The molecule has 0 spiro atoms. The van der Waals surface area contributed by atoms with Crippen LogP contribution in [0.1, 0.15) is 33.1 Å². The summed E-state index contributed by atoms with van der Waals surface area (Å²) in [6.07, 6.45) is 3.31. The molecular formula is C8H16. The SMILES string of the molecule is [CH2]CCC([CH2])(C)CC. The highest BCUT2D eigenvalue weighted by Crippen LogP contribution is 2.24. The molecule has 0 nitrogen and oxygen atoms in total. The molecule has 8 heavy (non-hydrogen) atoms. The van der Waals surface area contributed by atoms with Crippen molar-refractivity contribution >= 4 is 0 Å². The van der Waals surface area contributed by atoms with E-state index in [1.165, 1.54) is 0 Å². The van der Waals surface area contributed by atoms with E-state index in [1.807, 2.05) is 0 Å². The van der Waals surface area contributed by atoms with Gasteiger partial charge in [0.15, 0.2) is 0 Å². The zero-order valence-corrected chi connectivity index (χ0v) is 6.04. The summed E-state index contributed by atoms with van der Waals surface area (Å²) < 4.78 is 0. The third-order valence-electron chi connectivity index (χ3n) is 1.63. The fraction of sp³-hybridized carbons (Fsp3) is 0.750. The van der Waals surface area contributed by atoms with Crippen LogP contribution in [0.15, 0.2) is 0 Å². The van der Waals surface area contributed by atoms with Crippen molar-refractivity contribution in [3.8, 4) is 0 Å². The normalized spacial score (nSPS) is 12.0. The van der Waals surface area contributed by atoms with Gasteiger partial charge in [0.1, 0.15) is 0 Å². The summed E-state index contributed by atoms with van der Waals surface area (Å²) in [5, 5.41) is 0. The van der Waals surface area contributed by atoms with Crippen molar-refractivity contribution in [3.05, 3.63) is 13.8 Å². The Labute approximate surface area is 53.3 Å². The van der Waals surface area contributed by atoms with E-state index in [2.05, 4.69) is 27.7 Å². The molecule has 0 saturated carbocycles. The van der Waals surface area contributed by atoms with Gasteiger partial charge in [0.25, 0.3) is 0 Å². The molecule has 2 radical (unpaired) electrons. The highest BCUT2D eigenvalue weighted by Gasteiger charge is 2.12. The van der Waals surface area contributed by atoms with Gasteiger partial charge in [-0.2, -0.15) is 0 Å². The first-order valence-corrected chi connectivity index (χ1v) is 3.27. The highest BCUT2D eigenvalue weighted by molar-refractivity contribution is 4.74. The van der Waals surface area contributed by atoms with Crippen LogP contribution >= 0.6 is 0 Å². The molecule has 0 heterocycles. The van der Waals surface area contributed by atoms with Crippen molar-refractivity contribution in [1.29, 1.82) is 0 Å². The van der Waals surface area contributed by atoms with Crippen LogP contribution in [0.4, 0.5) is 0 Å². The predicted octanol–water partition coefficient (Wildman–Crippen LogP) is 2.85. The molecule has 0 bridgehead atoms. The Kier molecular flexibility index (Phi) is 3.11. The fourth-order valence-corrected chi connectivity index (χ4v) is 0.604. The standard InChI is InChI=1S/C8H16/c1-5-7-8(3,4)6-2/h1,3,5-7H2,2,4H3. The quantitative estimate of drug-likeness (QED) is 0.526. The van der Waals surface area contributed by atoms with Crippen molar-refractivity contribution in [2.45, 2.75) is 33.1 Å². The average molecular weight is 112 g/mol.